The molecule has 166 valence electrons. The molecule has 5 nitrogen and oxygen atoms in total. The highest BCUT2D eigenvalue weighted by atomic mass is 16.5. The summed E-state index contributed by atoms with van der Waals surface area (Å²) in [4.78, 5) is 10.8. The van der Waals surface area contributed by atoms with Crippen LogP contribution in [0.2, 0.25) is 0 Å². The molecule has 0 aliphatic heterocycles. The molecule has 4 aromatic rings. The summed E-state index contributed by atoms with van der Waals surface area (Å²) in [6, 6.07) is 23.2. The summed E-state index contributed by atoms with van der Waals surface area (Å²) in [5.74, 6) is 1.93. The molecule has 0 aromatic heterocycles. The lowest BCUT2D eigenvalue weighted by molar-refractivity contribution is -0.131. The maximum Gasteiger partial charge on any atom is 0.328 e. The predicted octanol–water partition coefficient (Wildman–Crippen LogP) is 6.72. The number of rotatable bonds is 7. The third-order valence-corrected chi connectivity index (χ3v) is 5.37. The van der Waals surface area contributed by atoms with E-state index in [4.69, 9.17) is 19.3 Å². The highest BCUT2D eigenvalue weighted by Gasteiger charge is 2.17. The van der Waals surface area contributed by atoms with Crippen LogP contribution in [0.5, 0.6) is 23.0 Å². The summed E-state index contributed by atoms with van der Waals surface area (Å²) in [6.45, 7) is 2.06. The Morgan fingerprint density at radius 2 is 1.55 bits per heavy atom. The topological polar surface area (TPSA) is 65.0 Å². The minimum absolute atomic E-state index is 0.648. The van der Waals surface area contributed by atoms with E-state index in [1.54, 1.807) is 20.3 Å². The van der Waals surface area contributed by atoms with Gasteiger partial charge in [0.25, 0.3) is 0 Å². The molecular weight excluding hydrogens is 416 g/mol. The van der Waals surface area contributed by atoms with Crippen molar-refractivity contribution < 1.29 is 24.1 Å². The molecule has 0 aliphatic carbocycles. The Balaban J connectivity index is 1.85. The van der Waals surface area contributed by atoms with E-state index in [1.807, 2.05) is 66.7 Å². The summed E-state index contributed by atoms with van der Waals surface area (Å²) >= 11 is 0. The zero-order valence-electron chi connectivity index (χ0n) is 18.7. The van der Waals surface area contributed by atoms with Gasteiger partial charge in [0, 0.05) is 17.0 Å². The van der Waals surface area contributed by atoms with Crippen LogP contribution in [0.1, 0.15) is 11.1 Å². The second-order valence-electron chi connectivity index (χ2n) is 7.56. The number of fused-ring (bicyclic) bond motifs is 1. The van der Waals surface area contributed by atoms with Crippen molar-refractivity contribution in [2.24, 2.45) is 0 Å². The van der Waals surface area contributed by atoms with Gasteiger partial charge in [0.05, 0.1) is 14.2 Å². The number of aryl methyl sites for hydroxylation is 1. The lowest BCUT2D eigenvalue weighted by Crippen LogP contribution is -1.95. The Hall–Kier alpha value is -4.25. The van der Waals surface area contributed by atoms with Crippen LogP contribution in [-0.2, 0) is 4.79 Å². The van der Waals surface area contributed by atoms with Crippen molar-refractivity contribution in [1.82, 2.24) is 0 Å². The van der Waals surface area contributed by atoms with E-state index in [2.05, 4.69) is 13.0 Å². The van der Waals surface area contributed by atoms with Crippen LogP contribution in [0.3, 0.4) is 0 Å². The molecule has 0 fully saturated rings. The molecule has 0 heterocycles. The number of hydrogen-bond acceptors (Lipinski definition) is 4. The fraction of sp³-hybridized carbons (Fsp3) is 0.107. The van der Waals surface area contributed by atoms with Crippen molar-refractivity contribution in [3.8, 4) is 34.1 Å². The SMILES string of the molecule is COc1cccc(-c2c(C)cc3cc(OC)ccc3c2Oc2ccc(C=CC(=O)O)cc2)c1. The highest BCUT2D eigenvalue weighted by molar-refractivity contribution is 5.98. The van der Waals surface area contributed by atoms with Crippen LogP contribution in [0.15, 0.2) is 78.9 Å². The molecule has 33 heavy (non-hydrogen) atoms. The number of ether oxygens (including phenoxy) is 3. The molecular formula is C28H24O5. The number of carboxylic acids is 1. The van der Waals surface area contributed by atoms with Crippen molar-refractivity contribution in [3.63, 3.8) is 0 Å². The summed E-state index contributed by atoms with van der Waals surface area (Å²) in [5, 5.41) is 10.8. The number of aliphatic carboxylic acids is 1. The number of carbonyl (C=O) groups is 1. The van der Waals surface area contributed by atoms with Crippen LogP contribution >= 0.6 is 0 Å². The molecule has 0 atom stereocenters. The smallest absolute Gasteiger partial charge is 0.328 e. The number of carboxylic acid groups (broad SMARTS) is 1. The quantitative estimate of drug-likeness (QED) is 0.323. The molecule has 0 aliphatic rings. The summed E-state index contributed by atoms with van der Waals surface area (Å²) in [6.07, 6.45) is 2.65. The van der Waals surface area contributed by atoms with E-state index in [9.17, 15) is 4.79 Å². The molecule has 1 N–H and O–H groups in total. The molecule has 0 bridgehead atoms. The van der Waals surface area contributed by atoms with Gasteiger partial charge in [-0.25, -0.2) is 4.79 Å². The fourth-order valence-corrected chi connectivity index (χ4v) is 3.79. The predicted molar refractivity (Wildman–Crippen MR) is 130 cm³/mol. The molecule has 5 heteroatoms. The number of methoxy groups -OCH3 is 2. The normalized spacial score (nSPS) is 11.0. The second-order valence-corrected chi connectivity index (χ2v) is 7.56. The zero-order chi connectivity index (χ0) is 23.4. The van der Waals surface area contributed by atoms with Crippen molar-refractivity contribution in [3.05, 3.63) is 90.0 Å². The Kier molecular flexibility index (Phi) is 6.31. The van der Waals surface area contributed by atoms with Gasteiger partial charge in [0.15, 0.2) is 0 Å². The van der Waals surface area contributed by atoms with Gasteiger partial charge in [-0.15, -0.1) is 0 Å². The van der Waals surface area contributed by atoms with Gasteiger partial charge in [-0.1, -0.05) is 30.3 Å². The van der Waals surface area contributed by atoms with E-state index in [0.29, 0.717) is 5.75 Å². The summed E-state index contributed by atoms with van der Waals surface area (Å²) in [7, 11) is 3.30. The first-order chi connectivity index (χ1) is 16.0. The molecule has 0 spiro atoms. The lowest BCUT2D eigenvalue weighted by Gasteiger charge is -2.18. The van der Waals surface area contributed by atoms with Crippen LogP contribution in [0, 0.1) is 6.92 Å². The molecule has 0 radical (unpaired) electrons. The van der Waals surface area contributed by atoms with Crippen molar-refractivity contribution in [1.29, 1.82) is 0 Å². The minimum Gasteiger partial charge on any atom is -0.497 e. The van der Waals surface area contributed by atoms with Gasteiger partial charge >= 0.3 is 5.97 Å². The van der Waals surface area contributed by atoms with Gasteiger partial charge < -0.3 is 19.3 Å². The van der Waals surface area contributed by atoms with E-state index >= 15 is 0 Å². The van der Waals surface area contributed by atoms with Gasteiger partial charge in [0.2, 0.25) is 0 Å². The van der Waals surface area contributed by atoms with Gasteiger partial charge in [-0.05, 0) is 77.5 Å². The van der Waals surface area contributed by atoms with Gasteiger partial charge in [-0.2, -0.15) is 0 Å². The maximum atomic E-state index is 10.8. The van der Waals surface area contributed by atoms with Crippen molar-refractivity contribution in [2.45, 2.75) is 6.92 Å². The van der Waals surface area contributed by atoms with E-state index < -0.39 is 5.97 Å². The first-order valence-corrected chi connectivity index (χ1v) is 10.4. The summed E-state index contributed by atoms with van der Waals surface area (Å²) < 4.78 is 17.3. The van der Waals surface area contributed by atoms with Gasteiger partial charge in [-0.3, -0.25) is 0 Å². The molecule has 0 unspecified atom stereocenters. The molecule has 0 amide bonds. The standard InChI is InChI=1S/C28H24O5/c1-18-15-21-17-24(32-3)12-13-25(21)28(27(18)20-5-4-6-23(16-20)31-2)33-22-10-7-19(8-11-22)9-14-26(29)30/h4-17H,1-3H3,(H,29,30). The molecule has 0 saturated heterocycles. The fourth-order valence-electron chi connectivity index (χ4n) is 3.79. The van der Waals surface area contributed by atoms with Crippen LogP contribution in [0.25, 0.3) is 28.0 Å². The largest absolute Gasteiger partial charge is 0.497 e. The Morgan fingerprint density at radius 3 is 2.24 bits per heavy atom. The van der Waals surface area contributed by atoms with Crippen molar-refractivity contribution >= 4 is 22.8 Å². The van der Waals surface area contributed by atoms with Crippen LogP contribution in [-0.4, -0.2) is 25.3 Å². The summed E-state index contributed by atoms with van der Waals surface area (Å²) in [5.41, 5.74) is 3.79. The number of benzene rings is 4. The van der Waals surface area contributed by atoms with Crippen molar-refractivity contribution in [2.75, 3.05) is 14.2 Å². The minimum atomic E-state index is -0.986. The molecule has 0 saturated carbocycles. The Bertz CT molecular complexity index is 1340. The van der Waals surface area contributed by atoms with Gasteiger partial charge in [0.1, 0.15) is 23.0 Å². The lowest BCUT2D eigenvalue weighted by atomic mass is 9.94. The average molecular weight is 440 g/mol. The van der Waals surface area contributed by atoms with E-state index in [0.717, 1.165) is 56.4 Å². The first kappa shape index (κ1) is 22.0. The Labute approximate surface area is 192 Å². The van der Waals surface area contributed by atoms with E-state index in [1.165, 1.54) is 0 Å². The van der Waals surface area contributed by atoms with Crippen LogP contribution in [0.4, 0.5) is 0 Å². The second kappa shape index (κ2) is 9.49. The molecule has 4 rings (SSSR count). The monoisotopic (exact) mass is 440 g/mol. The molecule has 4 aromatic carbocycles. The Morgan fingerprint density at radius 1 is 0.848 bits per heavy atom. The van der Waals surface area contributed by atoms with Crippen LogP contribution < -0.4 is 14.2 Å². The zero-order valence-corrected chi connectivity index (χ0v) is 18.7. The highest BCUT2D eigenvalue weighted by Crippen LogP contribution is 2.43. The van der Waals surface area contributed by atoms with E-state index in [-0.39, 0.29) is 0 Å². The first-order valence-electron chi connectivity index (χ1n) is 10.4. The maximum absolute atomic E-state index is 10.8. The third-order valence-electron chi connectivity index (χ3n) is 5.37. The third kappa shape index (κ3) is 4.83. The average Bonchev–Trinajstić information content (AvgIpc) is 2.83. The number of hydrogen-bond donors (Lipinski definition) is 1.